The Morgan fingerprint density at radius 2 is 2.06 bits per heavy atom. The van der Waals surface area contributed by atoms with Crippen LogP contribution < -0.4 is 5.73 Å². The molecule has 0 aliphatic heterocycles. The molecule has 0 saturated heterocycles. The summed E-state index contributed by atoms with van der Waals surface area (Å²) in [5, 5.41) is 0. The highest BCUT2D eigenvalue weighted by Crippen LogP contribution is 2.28. The molecule has 1 aromatic heterocycles. The highest BCUT2D eigenvalue weighted by molar-refractivity contribution is 5.40. The number of allylic oxidation sites excluding steroid dienone is 1. The minimum absolute atomic E-state index is 0.423. The number of hydrogen-bond acceptors (Lipinski definition) is 2. The van der Waals surface area contributed by atoms with E-state index >= 15 is 0 Å². The van der Waals surface area contributed by atoms with E-state index in [1.54, 1.807) is 0 Å². The zero-order chi connectivity index (χ0) is 13.0. The van der Waals surface area contributed by atoms with E-state index < -0.39 is 0 Å². The van der Waals surface area contributed by atoms with Gasteiger partial charge in [-0.1, -0.05) is 33.8 Å². The van der Waals surface area contributed by atoms with Crippen LogP contribution in [0.25, 0.3) is 0 Å². The molecule has 0 fully saturated rings. The lowest BCUT2D eigenvalue weighted by Crippen LogP contribution is -2.07. The van der Waals surface area contributed by atoms with Crippen molar-refractivity contribution in [2.24, 2.45) is 5.92 Å². The van der Waals surface area contributed by atoms with Crippen LogP contribution in [0.5, 0.6) is 0 Å². The number of anilines is 1. The van der Waals surface area contributed by atoms with Crippen molar-refractivity contribution < 1.29 is 0 Å². The quantitative estimate of drug-likeness (QED) is 0.768. The maximum atomic E-state index is 6.20. The average Bonchev–Trinajstić information content (AvgIpc) is 2.56. The minimum Gasteiger partial charge on any atom is -0.384 e. The number of nitrogen functional groups attached to an aromatic ring is 1. The SMILES string of the molecule is C=CCn1c(CC)nc(C(C)CC(C)C)c1N. The highest BCUT2D eigenvalue weighted by Gasteiger charge is 2.18. The van der Waals surface area contributed by atoms with Crippen molar-refractivity contribution in [2.75, 3.05) is 5.73 Å². The lowest BCUT2D eigenvalue weighted by Gasteiger charge is -2.12. The Hall–Kier alpha value is -1.25. The maximum Gasteiger partial charge on any atom is 0.127 e. The monoisotopic (exact) mass is 235 g/mol. The van der Waals surface area contributed by atoms with Crippen LogP contribution in [0, 0.1) is 5.92 Å². The molecule has 0 spiro atoms. The van der Waals surface area contributed by atoms with Crippen LogP contribution in [-0.2, 0) is 13.0 Å². The van der Waals surface area contributed by atoms with Crippen LogP contribution in [0.4, 0.5) is 5.82 Å². The van der Waals surface area contributed by atoms with Gasteiger partial charge in [0, 0.05) is 18.9 Å². The summed E-state index contributed by atoms with van der Waals surface area (Å²) in [7, 11) is 0. The normalized spacial score (nSPS) is 13.0. The van der Waals surface area contributed by atoms with Crippen LogP contribution >= 0.6 is 0 Å². The molecule has 0 bridgehead atoms. The van der Waals surface area contributed by atoms with Gasteiger partial charge in [0.1, 0.15) is 11.6 Å². The van der Waals surface area contributed by atoms with Crippen molar-refractivity contribution in [1.29, 1.82) is 0 Å². The molecule has 0 saturated carbocycles. The molecule has 0 radical (unpaired) electrons. The van der Waals surface area contributed by atoms with Crippen LogP contribution in [0.1, 0.15) is 51.6 Å². The van der Waals surface area contributed by atoms with Gasteiger partial charge >= 0.3 is 0 Å². The molecule has 0 aromatic carbocycles. The van der Waals surface area contributed by atoms with Crippen molar-refractivity contribution >= 4 is 5.82 Å². The van der Waals surface area contributed by atoms with Gasteiger partial charge in [0.15, 0.2) is 0 Å². The van der Waals surface area contributed by atoms with Crippen molar-refractivity contribution in [3.05, 3.63) is 24.2 Å². The van der Waals surface area contributed by atoms with E-state index in [1.165, 1.54) is 0 Å². The lowest BCUT2D eigenvalue weighted by atomic mass is 9.96. The fourth-order valence-corrected chi connectivity index (χ4v) is 2.32. The molecule has 17 heavy (non-hydrogen) atoms. The zero-order valence-corrected chi connectivity index (χ0v) is 11.5. The van der Waals surface area contributed by atoms with Crippen molar-refractivity contribution in [2.45, 2.75) is 53.0 Å². The molecule has 1 atom stereocenters. The Morgan fingerprint density at radius 1 is 1.41 bits per heavy atom. The fourth-order valence-electron chi connectivity index (χ4n) is 2.32. The topological polar surface area (TPSA) is 43.8 Å². The first-order chi connectivity index (χ1) is 8.01. The van der Waals surface area contributed by atoms with Gasteiger partial charge in [0.05, 0.1) is 5.69 Å². The van der Waals surface area contributed by atoms with E-state index in [0.29, 0.717) is 11.8 Å². The predicted molar refractivity (Wildman–Crippen MR) is 74.1 cm³/mol. The summed E-state index contributed by atoms with van der Waals surface area (Å²) in [5.41, 5.74) is 7.25. The van der Waals surface area contributed by atoms with E-state index in [-0.39, 0.29) is 0 Å². The minimum atomic E-state index is 0.423. The van der Waals surface area contributed by atoms with Gasteiger partial charge in [-0.05, 0) is 12.3 Å². The Balaban J connectivity index is 3.04. The molecule has 3 heteroatoms. The summed E-state index contributed by atoms with van der Waals surface area (Å²) in [5.74, 6) is 2.97. The molecular weight excluding hydrogens is 210 g/mol. The molecule has 1 aromatic rings. The second-order valence-electron chi connectivity index (χ2n) is 5.08. The third kappa shape index (κ3) is 3.11. The first-order valence-corrected chi connectivity index (χ1v) is 6.46. The third-order valence-corrected chi connectivity index (χ3v) is 3.03. The Kier molecular flexibility index (Phi) is 4.79. The molecule has 1 unspecified atom stereocenters. The van der Waals surface area contributed by atoms with E-state index in [1.807, 2.05) is 6.08 Å². The number of nitrogens with zero attached hydrogens (tertiary/aromatic N) is 2. The summed E-state index contributed by atoms with van der Waals surface area (Å²) in [6.07, 6.45) is 3.90. The maximum absolute atomic E-state index is 6.20. The van der Waals surface area contributed by atoms with Crippen molar-refractivity contribution in [3.63, 3.8) is 0 Å². The van der Waals surface area contributed by atoms with E-state index in [4.69, 9.17) is 5.73 Å². The van der Waals surface area contributed by atoms with E-state index in [9.17, 15) is 0 Å². The number of aromatic nitrogens is 2. The van der Waals surface area contributed by atoms with Crippen molar-refractivity contribution in [3.8, 4) is 0 Å². The van der Waals surface area contributed by atoms with Crippen LogP contribution in [0.3, 0.4) is 0 Å². The van der Waals surface area contributed by atoms with Gasteiger partial charge in [0.25, 0.3) is 0 Å². The molecule has 1 heterocycles. The fraction of sp³-hybridized carbons (Fsp3) is 0.643. The molecule has 3 nitrogen and oxygen atoms in total. The van der Waals surface area contributed by atoms with Gasteiger partial charge in [-0.25, -0.2) is 4.98 Å². The Labute approximate surface area is 105 Å². The number of rotatable bonds is 6. The number of aryl methyl sites for hydroxylation is 1. The Morgan fingerprint density at radius 3 is 2.53 bits per heavy atom. The van der Waals surface area contributed by atoms with Gasteiger partial charge in [-0.3, -0.25) is 0 Å². The average molecular weight is 235 g/mol. The first kappa shape index (κ1) is 13.8. The predicted octanol–water partition coefficient (Wildman–Crippen LogP) is 3.36. The van der Waals surface area contributed by atoms with Gasteiger partial charge in [-0.2, -0.15) is 0 Å². The smallest absolute Gasteiger partial charge is 0.127 e. The van der Waals surface area contributed by atoms with Gasteiger partial charge in [-0.15, -0.1) is 6.58 Å². The third-order valence-electron chi connectivity index (χ3n) is 3.03. The molecule has 0 aliphatic rings. The molecule has 2 N–H and O–H groups in total. The van der Waals surface area contributed by atoms with E-state index in [2.05, 4.69) is 43.8 Å². The lowest BCUT2D eigenvalue weighted by molar-refractivity contribution is 0.518. The summed E-state index contributed by atoms with van der Waals surface area (Å²) in [6.45, 7) is 13.3. The van der Waals surface area contributed by atoms with Crippen molar-refractivity contribution in [1.82, 2.24) is 9.55 Å². The largest absolute Gasteiger partial charge is 0.384 e. The summed E-state index contributed by atoms with van der Waals surface area (Å²) >= 11 is 0. The van der Waals surface area contributed by atoms with Crippen LogP contribution in [0.15, 0.2) is 12.7 Å². The second-order valence-corrected chi connectivity index (χ2v) is 5.08. The van der Waals surface area contributed by atoms with Crippen LogP contribution in [-0.4, -0.2) is 9.55 Å². The highest BCUT2D eigenvalue weighted by atomic mass is 15.1. The van der Waals surface area contributed by atoms with Gasteiger partial charge < -0.3 is 10.3 Å². The molecule has 0 amide bonds. The van der Waals surface area contributed by atoms with E-state index in [0.717, 1.165) is 36.7 Å². The molecule has 0 aliphatic carbocycles. The Bertz CT molecular complexity index is 377. The summed E-state index contributed by atoms with van der Waals surface area (Å²) in [4.78, 5) is 4.69. The van der Waals surface area contributed by atoms with Gasteiger partial charge in [0.2, 0.25) is 0 Å². The summed E-state index contributed by atoms with van der Waals surface area (Å²) < 4.78 is 2.07. The summed E-state index contributed by atoms with van der Waals surface area (Å²) in [6, 6.07) is 0. The molecule has 96 valence electrons. The molecular formula is C14H25N3. The first-order valence-electron chi connectivity index (χ1n) is 6.46. The molecule has 1 rings (SSSR count). The number of imidazole rings is 1. The standard InChI is InChI=1S/C14H25N3/c1-6-8-17-12(7-2)16-13(14(17)15)11(5)9-10(3)4/h6,10-11H,1,7-9,15H2,2-5H3. The number of hydrogen-bond donors (Lipinski definition) is 1. The van der Waals surface area contributed by atoms with Crippen LogP contribution in [0.2, 0.25) is 0 Å². The number of nitrogens with two attached hydrogens (primary N) is 1. The zero-order valence-electron chi connectivity index (χ0n) is 11.5. The second kappa shape index (κ2) is 5.89.